The SMILES string of the molecule is CN1CC/C(=N\O)c2ccn(CCCCCl)c2C1=O. The summed E-state index contributed by atoms with van der Waals surface area (Å²) in [4.78, 5) is 14.0. The molecular weight excluding hydrogens is 266 g/mol. The molecule has 5 nitrogen and oxygen atoms in total. The van der Waals surface area contributed by atoms with E-state index < -0.39 is 0 Å². The van der Waals surface area contributed by atoms with Gasteiger partial charge in [-0.25, -0.2) is 0 Å². The van der Waals surface area contributed by atoms with Crippen molar-refractivity contribution >= 4 is 23.2 Å². The first kappa shape index (κ1) is 13.9. The number of hydrogen-bond donors (Lipinski definition) is 1. The topological polar surface area (TPSA) is 57.8 Å². The summed E-state index contributed by atoms with van der Waals surface area (Å²) in [6.07, 6.45) is 4.28. The lowest BCUT2D eigenvalue weighted by molar-refractivity contribution is 0.0791. The largest absolute Gasteiger partial charge is 0.411 e. The second-order valence-electron chi connectivity index (χ2n) is 4.69. The minimum atomic E-state index is -0.0236. The van der Waals surface area contributed by atoms with Gasteiger partial charge in [0.1, 0.15) is 5.69 Å². The van der Waals surface area contributed by atoms with Crippen LogP contribution in [0.1, 0.15) is 35.3 Å². The van der Waals surface area contributed by atoms with E-state index in [1.807, 2.05) is 16.8 Å². The number of aromatic nitrogens is 1. The molecule has 0 saturated heterocycles. The highest BCUT2D eigenvalue weighted by atomic mass is 35.5. The molecule has 2 rings (SSSR count). The molecular formula is C13H18ClN3O2. The molecule has 0 saturated carbocycles. The molecule has 0 bridgehead atoms. The van der Waals surface area contributed by atoms with Gasteiger partial charge in [-0.05, 0) is 18.9 Å². The molecule has 1 amide bonds. The maximum atomic E-state index is 12.4. The van der Waals surface area contributed by atoms with E-state index in [4.69, 9.17) is 16.8 Å². The van der Waals surface area contributed by atoms with Crippen LogP contribution in [0.15, 0.2) is 17.4 Å². The van der Waals surface area contributed by atoms with Crippen molar-refractivity contribution in [3.8, 4) is 0 Å². The van der Waals surface area contributed by atoms with Crippen molar-refractivity contribution in [3.05, 3.63) is 23.5 Å². The van der Waals surface area contributed by atoms with E-state index in [1.54, 1.807) is 11.9 Å². The Kier molecular flexibility index (Phi) is 4.47. The van der Waals surface area contributed by atoms with Crippen molar-refractivity contribution < 1.29 is 10.0 Å². The number of unbranched alkanes of at least 4 members (excludes halogenated alkanes) is 1. The fourth-order valence-electron chi connectivity index (χ4n) is 2.30. The number of halogens is 1. The number of rotatable bonds is 4. The smallest absolute Gasteiger partial charge is 0.270 e. The van der Waals surface area contributed by atoms with Gasteiger partial charge in [-0.3, -0.25) is 4.79 Å². The lowest BCUT2D eigenvalue weighted by atomic mass is 10.1. The summed E-state index contributed by atoms with van der Waals surface area (Å²) in [5.41, 5.74) is 1.92. The summed E-state index contributed by atoms with van der Waals surface area (Å²) in [6, 6.07) is 1.85. The van der Waals surface area contributed by atoms with Crippen LogP contribution in [0.3, 0.4) is 0 Å². The van der Waals surface area contributed by atoms with Gasteiger partial charge in [-0.15, -0.1) is 11.6 Å². The Balaban J connectivity index is 2.34. The summed E-state index contributed by atoms with van der Waals surface area (Å²) >= 11 is 5.67. The third-order valence-electron chi connectivity index (χ3n) is 3.41. The van der Waals surface area contributed by atoms with Crippen LogP contribution in [0.2, 0.25) is 0 Å². The number of fused-ring (bicyclic) bond motifs is 1. The monoisotopic (exact) mass is 283 g/mol. The number of alkyl halides is 1. The van der Waals surface area contributed by atoms with Crippen LogP contribution in [0.5, 0.6) is 0 Å². The molecule has 0 fully saturated rings. The highest BCUT2D eigenvalue weighted by molar-refractivity contribution is 6.17. The Hall–Kier alpha value is -1.49. The third kappa shape index (κ3) is 2.76. The van der Waals surface area contributed by atoms with Gasteiger partial charge in [-0.2, -0.15) is 0 Å². The van der Waals surface area contributed by atoms with Gasteiger partial charge >= 0.3 is 0 Å². The molecule has 0 aromatic carbocycles. The van der Waals surface area contributed by atoms with Crippen molar-refractivity contribution in [2.45, 2.75) is 25.8 Å². The van der Waals surface area contributed by atoms with Crippen molar-refractivity contribution in [2.75, 3.05) is 19.5 Å². The molecule has 0 unspecified atom stereocenters. The first-order chi connectivity index (χ1) is 9.19. The average molecular weight is 284 g/mol. The zero-order chi connectivity index (χ0) is 13.8. The molecule has 0 spiro atoms. The van der Waals surface area contributed by atoms with Crippen molar-refractivity contribution in [2.24, 2.45) is 5.16 Å². The van der Waals surface area contributed by atoms with E-state index in [-0.39, 0.29) is 5.91 Å². The van der Waals surface area contributed by atoms with E-state index >= 15 is 0 Å². The molecule has 6 heteroatoms. The normalized spacial score (nSPS) is 17.7. The Morgan fingerprint density at radius 2 is 2.26 bits per heavy atom. The molecule has 1 aromatic heterocycles. The minimum Gasteiger partial charge on any atom is -0.411 e. The average Bonchev–Trinajstić information content (AvgIpc) is 2.77. The lowest BCUT2D eigenvalue weighted by Gasteiger charge is -2.15. The third-order valence-corrected chi connectivity index (χ3v) is 3.68. The van der Waals surface area contributed by atoms with Crippen LogP contribution in [0.25, 0.3) is 0 Å². The minimum absolute atomic E-state index is 0.0236. The predicted octanol–water partition coefficient (Wildman–Crippen LogP) is 2.16. The summed E-state index contributed by atoms with van der Waals surface area (Å²) in [5.74, 6) is 0.602. The Labute approximate surface area is 117 Å². The van der Waals surface area contributed by atoms with Crippen LogP contribution in [0, 0.1) is 0 Å². The summed E-state index contributed by atoms with van der Waals surface area (Å²) in [5, 5.41) is 12.4. The zero-order valence-electron chi connectivity index (χ0n) is 11.0. The number of amides is 1. The molecule has 104 valence electrons. The van der Waals surface area contributed by atoms with Gasteiger partial charge in [-0.1, -0.05) is 5.16 Å². The predicted molar refractivity (Wildman–Crippen MR) is 74.3 cm³/mol. The number of hydrogen-bond acceptors (Lipinski definition) is 3. The van der Waals surface area contributed by atoms with E-state index in [0.717, 1.165) is 24.9 Å². The summed E-state index contributed by atoms with van der Waals surface area (Å²) in [7, 11) is 1.77. The summed E-state index contributed by atoms with van der Waals surface area (Å²) < 4.78 is 1.93. The van der Waals surface area contributed by atoms with Crippen LogP contribution < -0.4 is 0 Å². The maximum absolute atomic E-state index is 12.4. The molecule has 0 radical (unpaired) electrons. The van der Waals surface area contributed by atoms with Gasteiger partial charge in [0.15, 0.2) is 0 Å². The van der Waals surface area contributed by atoms with Gasteiger partial charge in [0.2, 0.25) is 0 Å². The number of nitrogens with zero attached hydrogens (tertiary/aromatic N) is 3. The van der Waals surface area contributed by atoms with Crippen LogP contribution in [-0.2, 0) is 6.54 Å². The Morgan fingerprint density at radius 1 is 1.47 bits per heavy atom. The fourth-order valence-corrected chi connectivity index (χ4v) is 2.49. The molecule has 19 heavy (non-hydrogen) atoms. The van der Waals surface area contributed by atoms with Gasteiger partial charge in [0.05, 0.1) is 5.71 Å². The molecule has 0 aliphatic carbocycles. The van der Waals surface area contributed by atoms with E-state index in [2.05, 4.69) is 5.16 Å². The molecule has 1 N–H and O–H groups in total. The molecule has 1 aromatic rings. The molecule has 1 aliphatic heterocycles. The van der Waals surface area contributed by atoms with Crippen molar-refractivity contribution in [3.63, 3.8) is 0 Å². The first-order valence-electron chi connectivity index (χ1n) is 6.41. The zero-order valence-corrected chi connectivity index (χ0v) is 11.7. The maximum Gasteiger partial charge on any atom is 0.270 e. The quantitative estimate of drug-likeness (QED) is 0.398. The molecule has 1 aliphatic rings. The van der Waals surface area contributed by atoms with Crippen LogP contribution >= 0.6 is 11.6 Å². The van der Waals surface area contributed by atoms with E-state index in [9.17, 15) is 4.79 Å². The molecule has 0 atom stereocenters. The number of carbonyl (C=O) groups excluding carboxylic acids is 1. The second-order valence-corrected chi connectivity index (χ2v) is 5.07. The van der Waals surface area contributed by atoms with Crippen LogP contribution in [0.4, 0.5) is 0 Å². The lowest BCUT2D eigenvalue weighted by Crippen LogP contribution is -2.28. The van der Waals surface area contributed by atoms with Gasteiger partial charge < -0.3 is 14.7 Å². The van der Waals surface area contributed by atoms with Gasteiger partial charge in [0, 0.05) is 44.2 Å². The number of aryl methyl sites for hydroxylation is 1. The standard InChI is InChI=1S/C13H18ClN3O2/c1-16-8-5-11(15-19)10-4-9-17(7-3-2-6-14)12(10)13(16)18/h4,9,19H,2-3,5-8H2,1H3/b15-11+. The fraction of sp³-hybridized carbons (Fsp3) is 0.538. The number of oxime groups is 1. The first-order valence-corrected chi connectivity index (χ1v) is 6.94. The van der Waals surface area contributed by atoms with Gasteiger partial charge in [0.25, 0.3) is 5.91 Å². The Morgan fingerprint density at radius 3 is 2.95 bits per heavy atom. The molecule has 2 heterocycles. The second kappa shape index (κ2) is 6.10. The van der Waals surface area contributed by atoms with E-state index in [1.165, 1.54) is 0 Å². The van der Waals surface area contributed by atoms with E-state index in [0.29, 0.717) is 30.3 Å². The summed E-state index contributed by atoms with van der Waals surface area (Å²) in [6.45, 7) is 1.31. The van der Waals surface area contributed by atoms with Crippen molar-refractivity contribution in [1.82, 2.24) is 9.47 Å². The highest BCUT2D eigenvalue weighted by Crippen LogP contribution is 2.20. The Bertz CT molecular complexity index is 496. The highest BCUT2D eigenvalue weighted by Gasteiger charge is 2.27. The van der Waals surface area contributed by atoms with Crippen molar-refractivity contribution in [1.29, 1.82) is 0 Å². The number of carbonyl (C=O) groups is 1. The van der Waals surface area contributed by atoms with Crippen LogP contribution in [-0.4, -0.2) is 45.8 Å².